The molecule has 102 valence electrons. The number of carbonyl (C=O) groups excluding carboxylic acids is 1. The van der Waals surface area contributed by atoms with Crippen LogP contribution in [0.3, 0.4) is 0 Å². The maximum atomic E-state index is 12.3. The Morgan fingerprint density at radius 1 is 1.15 bits per heavy atom. The van der Waals surface area contributed by atoms with E-state index in [0.29, 0.717) is 16.8 Å². The topological polar surface area (TPSA) is 55.1 Å². The van der Waals surface area contributed by atoms with Gasteiger partial charge >= 0.3 is 0 Å². The molecular formula is C16H16N2OS. The van der Waals surface area contributed by atoms with Gasteiger partial charge in [0.15, 0.2) is 0 Å². The van der Waals surface area contributed by atoms with E-state index in [1.807, 2.05) is 44.2 Å². The van der Waals surface area contributed by atoms with Gasteiger partial charge in [-0.15, -0.1) is 0 Å². The molecule has 0 aliphatic carbocycles. The Morgan fingerprint density at radius 2 is 1.85 bits per heavy atom. The molecule has 2 aromatic carbocycles. The summed E-state index contributed by atoms with van der Waals surface area (Å²) >= 11 is 5.05. The van der Waals surface area contributed by atoms with E-state index in [2.05, 4.69) is 5.32 Å². The first-order valence-corrected chi connectivity index (χ1v) is 6.67. The Balaban J connectivity index is 2.33. The highest BCUT2D eigenvalue weighted by molar-refractivity contribution is 7.80. The number of benzene rings is 2. The molecule has 0 saturated heterocycles. The summed E-state index contributed by atoms with van der Waals surface area (Å²) in [7, 11) is 0. The van der Waals surface area contributed by atoms with Gasteiger partial charge in [-0.1, -0.05) is 42.0 Å². The van der Waals surface area contributed by atoms with Gasteiger partial charge in [-0.3, -0.25) is 4.79 Å². The van der Waals surface area contributed by atoms with Gasteiger partial charge in [-0.2, -0.15) is 0 Å². The van der Waals surface area contributed by atoms with Crippen LogP contribution in [0.15, 0.2) is 42.5 Å². The maximum Gasteiger partial charge on any atom is 0.255 e. The van der Waals surface area contributed by atoms with E-state index in [9.17, 15) is 4.79 Å². The van der Waals surface area contributed by atoms with Crippen LogP contribution in [0.2, 0.25) is 0 Å². The molecule has 2 aromatic rings. The van der Waals surface area contributed by atoms with Gasteiger partial charge < -0.3 is 11.1 Å². The molecule has 0 aromatic heterocycles. The predicted molar refractivity (Wildman–Crippen MR) is 86.2 cm³/mol. The van der Waals surface area contributed by atoms with Gasteiger partial charge in [0, 0.05) is 11.1 Å². The Hall–Kier alpha value is -2.20. The molecule has 0 spiro atoms. The van der Waals surface area contributed by atoms with Gasteiger partial charge in [-0.25, -0.2) is 0 Å². The van der Waals surface area contributed by atoms with Gasteiger partial charge in [0.1, 0.15) is 4.99 Å². The minimum atomic E-state index is -0.170. The zero-order chi connectivity index (χ0) is 14.7. The fraction of sp³-hybridized carbons (Fsp3) is 0.125. The van der Waals surface area contributed by atoms with Crippen molar-refractivity contribution >= 4 is 28.8 Å². The predicted octanol–water partition coefficient (Wildman–Crippen LogP) is 3.19. The van der Waals surface area contributed by atoms with Crippen molar-refractivity contribution in [3.8, 4) is 0 Å². The molecule has 0 saturated carbocycles. The van der Waals surface area contributed by atoms with Crippen LogP contribution >= 0.6 is 12.2 Å². The smallest absolute Gasteiger partial charge is 0.255 e. The van der Waals surface area contributed by atoms with Crippen molar-refractivity contribution in [2.24, 2.45) is 5.73 Å². The largest absolute Gasteiger partial charge is 0.389 e. The minimum absolute atomic E-state index is 0.170. The molecule has 1 amide bonds. The number of aryl methyl sites for hydroxylation is 2. The van der Waals surface area contributed by atoms with E-state index in [4.69, 9.17) is 18.0 Å². The average Bonchev–Trinajstić information content (AvgIpc) is 2.38. The summed E-state index contributed by atoms with van der Waals surface area (Å²) in [4.78, 5) is 12.5. The van der Waals surface area contributed by atoms with Crippen molar-refractivity contribution in [3.05, 3.63) is 64.7 Å². The second kappa shape index (κ2) is 5.84. The maximum absolute atomic E-state index is 12.3. The van der Waals surface area contributed by atoms with Crippen molar-refractivity contribution in [3.63, 3.8) is 0 Å². The summed E-state index contributed by atoms with van der Waals surface area (Å²) < 4.78 is 0. The van der Waals surface area contributed by atoms with Gasteiger partial charge in [-0.05, 0) is 37.6 Å². The highest BCUT2D eigenvalue weighted by Gasteiger charge is 2.12. The number of nitrogens with two attached hydrogens (primary N) is 1. The molecular weight excluding hydrogens is 268 g/mol. The third-order valence-corrected chi connectivity index (χ3v) is 3.25. The molecule has 20 heavy (non-hydrogen) atoms. The Kier molecular flexibility index (Phi) is 4.15. The van der Waals surface area contributed by atoms with Gasteiger partial charge in [0.25, 0.3) is 5.91 Å². The highest BCUT2D eigenvalue weighted by Crippen LogP contribution is 2.20. The lowest BCUT2D eigenvalue weighted by Crippen LogP contribution is -2.18. The zero-order valence-electron chi connectivity index (χ0n) is 11.4. The quantitative estimate of drug-likeness (QED) is 0.851. The number of nitrogens with one attached hydrogen (secondary N) is 1. The van der Waals surface area contributed by atoms with Crippen molar-refractivity contribution in [1.29, 1.82) is 0 Å². The number of hydrogen-bond acceptors (Lipinski definition) is 2. The normalized spacial score (nSPS) is 10.1. The van der Waals surface area contributed by atoms with E-state index >= 15 is 0 Å². The van der Waals surface area contributed by atoms with Crippen LogP contribution in [0.25, 0.3) is 0 Å². The fourth-order valence-electron chi connectivity index (χ4n) is 2.08. The first-order valence-electron chi connectivity index (χ1n) is 6.26. The van der Waals surface area contributed by atoms with Crippen LogP contribution in [0.4, 0.5) is 5.69 Å². The second-order valence-corrected chi connectivity index (χ2v) is 5.13. The molecule has 0 bridgehead atoms. The lowest BCUT2D eigenvalue weighted by molar-refractivity contribution is 0.102. The fourth-order valence-corrected chi connectivity index (χ4v) is 2.35. The number of rotatable bonds is 3. The molecule has 3 nitrogen and oxygen atoms in total. The summed E-state index contributed by atoms with van der Waals surface area (Å²) in [5, 5.41) is 2.87. The Morgan fingerprint density at radius 3 is 2.50 bits per heavy atom. The molecule has 0 atom stereocenters. The van der Waals surface area contributed by atoms with Gasteiger partial charge in [0.2, 0.25) is 0 Å². The molecule has 0 unspecified atom stereocenters. The third-order valence-electron chi connectivity index (χ3n) is 3.05. The minimum Gasteiger partial charge on any atom is -0.389 e. The molecule has 3 N–H and O–H groups in total. The lowest BCUT2D eigenvalue weighted by Gasteiger charge is -2.12. The van der Waals surface area contributed by atoms with Crippen molar-refractivity contribution < 1.29 is 4.79 Å². The molecule has 0 fully saturated rings. The van der Waals surface area contributed by atoms with Gasteiger partial charge in [0.05, 0.1) is 5.69 Å². The summed E-state index contributed by atoms with van der Waals surface area (Å²) in [6.45, 7) is 3.86. The number of amides is 1. The van der Waals surface area contributed by atoms with Crippen LogP contribution in [0, 0.1) is 13.8 Å². The summed E-state index contributed by atoms with van der Waals surface area (Å²) in [6.07, 6.45) is 0. The summed E-state index contributed by atoms with van der Waals surface area (Å²) in [6, 6.07) is 13.0. The molecule has 0 aliphatic heterocycles. The van der Waals surface area contributed by atoms with Crippen LogP contribution in [-0.2, 0) is 0 Å². The monoisotopic (exact) mass is 284 g/mol. The van der Waals surface area contributed by atoms with Crippen LogP contribution in [0.5, 0.6) is 0 Å². The first kappa shape index (κ1) is 14.2. The first-order chi connectivity index (χ1) is 9.49. The number of carbonyl (C=O) groups is 1. The summed E-state index contributed by atoms with van der Waals surface area (Å²) in [5.74, 6) is -0.170. The number of thiocarbonyl (C=S) groups is 1. The van der Waals surface area contributed by atoms with E-state index < -0.39 is 0 Å². The standard InChI is InChI=1S/C16H16N2OS/c1-10-5-3-7-12(9-10)16(19)18-13-8-4-6-11(2)14(13)15(17)20/h3-9H,1-2H3,(H2,17,20)(H,18,19). The molecule has 4 heteroatoms. The zero-order valence-corrected chi connectivity index (χ0v) is 12.3. The van der Waals surface area contributed by atoms with Crippen molar-refractivity contribution in [1.82, 2.24) is 0 Å². The lowest BCUT2D eigenvalue weighted by atomic mass is 10.1. The molecule has 0 aliphatic rings. The van der Waals surface area contributed by atoms with Crippen LogP contribution in [0.1, 0.15) is 27.0 Å². The van der Waals surface area contributed by atoms with E-state index in [1.165, 1.54) is 0 Å². The van der Waals surface area contributed by atoms with Crippen molar-refractivity contribution in [2.45, 2.75) is 13.8 Å². The molecule has 0 radical (unpaired) electrons. The van der Waals surface area contributed by atoms with Crippen LogP contribution in [-0.4, -0.2) is 10.9 Å². The molecule has 0 heterocycles. The van der Waals surface area contributed by atoms with Crippen molar-refractivity contribution in [2.75, 3.05) is 5.32 Å². The average molecular weight is 284 g/mol. The SMILES string of the molecule is Cc1cccc(C(=O)Nc2cccc(C)c2C(N)=S)c1. The second-order valence-electron chi connectivity index (χ2n) is 4.69. The number of anilines is 1. The Labute approximate surface area is 123 Å². The summed E-state index contributed by atoms with van der Waals surface area (Å²) in [5.41, 5.74) is 9.68. The van der Waals surface area contributed by atoms with E-state index in [-0.39, 0.29) is 10.9 Å². The Bertz CT molecular complexity index is 680. The van der Waals surface area contributed by atoms with E-state index in [0.717, 1.165) is 11.1 Å². The van der Waals surface area contributed by atoms with E-state index in [1.54, 1.807) is 12.1 Å². The van der Waals surface area contributed by atoms with Crippen LogP contribution < -0.4 is 11.1 Å². The molecule has 2 rings (SSSR count). The third kappa shape index (κ3) is 3.03. The highest BCUT2D eigenvalue weighted by atomic mass is 32.1. The number of hydrogen-bond donors (Lipinski definition) is 2.